The molecule has 8 heteroatoms. The van der Waals surface area contributed by atoms with Gasteiger partial charge in [0.25, 0.3) is 0 Å². The van der Waals surface area contributed by atoms with Crippen LogP contribution in [0.15, 0.2) is 52.4 Å². The van der Waals surface area contributed by atoms with E-state index < -0.39 is 0 Å². The zero-order chi connectivity index (χ0) is 23.3. The first-order chi connectivity index (χ1) is 16.6. The van der Waals surface area contributed by atoms with Crippen LogP contribution in [0.4, 0.5) is 5.69 Å². The highest BCUT2D eigenvalue weighted by molar-refractivity contribution is 7.09. The van der Waals surface area contributed by atoms with E-state index in [-0.39, 0.29) is 10.8 Å². The molecule has 2 saturated heterocycles. The summed E-state index contributed by atoms with van der Waals surface area (Å²) in [4.78, 5) is 22.1. The molecule has 34 heavy (non-hydrogen) atoms. The monoisotopic (exact) mass is 481 g/mol. The van der Waals surface area contributed by atoms with Crippen LogP contribution >= 0.6 is 11.3 Å². The predicted molar refractivity (Wildman–Crippen MR) is 139 cm³/mol. The van der Waals surface area contributed by atoms with Gasteiger partial charge in [-0.15, -0.1) is 0 Å². The third-order valence-electron chi connectivity index (χ3n) is 7.14. The summed E-state index contributed by atoms with van der Waals surface area (Å²) in [5.41, 5.74) is 5.49. The summed E-state index contributed by atoms with van der Waals surface area (Å²) in [6.45, 7) is 10.8. The summed E-state index contributed by atoms with van der Waals surface area (Å²) in [7, 11) is 0. The molecule has 0 atom stereocenters. The normalized spacial score (nSPS) is 20.3. The number of benzene rings is 1. The Labute approximate surface area is 205 Å². The number of rotatable bonds is 7. The molecule has 5 rings (SSSR count). The molecule has 0 saturated carbocycles. The fourth-order valence-corrected chi connectivity index (χ4v) is 5.94. The van der Waals surface area contributed by atoms with E-state index in [0.717, 1.165) is 82.3 Å². The zero-order valence-corrected chi connectivity index (χ0v) is 20.6. The minimum absolute atomic E-state index is 0.000484. The number of hydrogen-bond donors (Lipinski definition) is 3. The molecular formula is C26H35N5O2S. The third-order valence-corrected chi connectivity index (χ3v) is 8.01. The fraction of sp³-hybridized carbons (Fsp3) is 0.500. The number of aromatic nitrogens is 1. The molecule has 0 unspecified atom stereocenters. The van der Waals surface area contributed by atoms with Crippen molar-refractivity contribution in [1.29, 1.82) is 0 Å². The smallest absolute Gasteiger partial charge is 0.307 e. The first kappa shape index (κ1) is 23.4. The van der Waals surface area contributed by atoms with Gasteiger partial charge in [0.1, 0.15) is 0 Å². The van der Waals surface area contributed by atoms with Crippen LogP contribution in [-0.2, 0) is 6.42 Å². The van der Waals surface area contributed by atoms with Crippen molar-refractivity contribution in [2.24, 2.45) is 0 Å². The molecule has 0 spiro atoms. The van der Waals surface area contributed by atoms with Gasteiger partial charge >= 0.3 is 4.87 Å². The number of allylic oxidation sites excluding steroid dienone is 2. The van der Waals surface area contributed by atoms with E-state index in [1.807, 2.05) is 6.07 Å². The number of aromatic amines is 1. The van der Waals surface area contributed by atoms with Crippen molar-refractivity contribution in [1.82, 2.24) is 20.1 Å². The lowest BCUT2D eigenvalue weighted by molar-refractivity contribution is 0.256. The fourth-order valence-electron chi connectivity index (χ4n) is 5.19. The molecule has 3 heterocycles. The molecule has 0 bridgehead atoms. The van der Waals surface area contributed by atoms with Crippen LogP contribution in [0.25, 0.3) is 0 Å². The van der Waals surface area contributed by atoms with Crippen molar-refractivity contribution in [2.75, 3.05) is 70.3 Å². The minimum atomic E-state index is -0.207. The Morgan fingerprint density at radius 1 is 0.882 bits per heavy atom. The number of nitrogens with one attached hydrogen (secondary N) is 2. The van der Waals surface area contributed by atoms with Crippen LogP contribution in [0.5, 0.6) is 5.88 Å². The average Bonchev–Trinajstić information content (AvgIpc) is 3.18. The Kier molecular flexibility index (Phi) is 7.49. The van der Waals surface area contributed by atoms with Gasteiger partial charge in [0.05, 0.1) is 4.88 Å². The zero-order valence-electron chi connectivity index (χ0n) is 19.8. The molecular weight excluding hydrogens is 446 g/mol. The van der Waals surface area contributed by atoms with Crippen molar-refractivity contribution in [3.05, 3.63) is 67.7 Å². The van der Waals surface area contributed by atoms with Crippen LogP contribution < -0.4 is 15.1 Å². The highest BCUT2D eigenvalue weighted by Gasteiger charge is 2.21. The van der Waals surface area contributed by atoms with Gasteiger partial charge in [-0.2, -0.15) is 0 Å². The van der Waals surface area contributed by atoms with Gasteiger partial charge in [-0.3, -0.25) is 19.6 Å². The lowest BCUT2D eigenvalue weighted by Crippen LogP contribution is -2.47. The molecule has 1 aromatic heterocycles. The van der Waals surface area contributed by atoms with Gasteiger partial charge in [-0.25, -0.2) is 0 Å². The van der Waals surface area contributed by atoms with Crippen molar-refractivity contribution < 1.29 is 5.11 Å². The molecule has 0 radical (unpaired) electrons. The summed E-state index contributed by atoms with van der Waals surface area (Å²) in [5, 5.41) is 13.4. The van der Waals surface area contributed by atoms with E-state index in [1.165, 1.54) is 18.5 Å². The van der Waals surface area contributed by atoms with Crippen LogP contribution in [0.1, 0.15) is 23.3 Å². The highest BCUT2D eigenvalue weighted by Crippen LogP contribution is 2.28. The van der Waals surface area contributed by atoms with Gasteiger partial charge < -0.3 is 15.3 Å². The van der Waals surface area contributed by atoms with Crippen molar-refractivity contribution >= 4 is 17.0 Å². The number of piperazine rings is 2. The third kappa shape index (κ3) is 5.81. The first-order valence-electron chi connectivity index (χ1n) is 12.4. The SMILES string of the molecule is O=c1[nH]c(O)c(Cc2ccccc2N2CCN(CC3=CC=C(CN4CCNCC4)CC3)CC2)s1. The number of anilines is 1. The van der Waals surface area contributed by atoms with Crippen molar-refractivity contribution in [3.8, 4) is 5.88 Å². The Morgan fingerprint density at radius 3 is 2.15 bits per heavy atom. The molecule has 182 valence electrons. The van der Waals surface area contributed by atoms with E-state index >= 15 is 0 Å². The van der Waals surface area contributed by atoms with E-state index in [9.17, 15) is 9.90 Å². The second kappa shape index (κ2) is 10.9. The standard InChI is InChI=1S/C26H35N5O2S/c32-25-24(34-26(33)28-25)17-22-3-1-2-4-23(22)31-15-13-30(14-16-31)19-21-7-5-20(6-8-21)18-29-11-9-27-10-12-29/h1-5,7,27,32H,6,8-19H2,(H,28,33). The van der Waals surface area contributed by atoms with E-state index in [0.29, 0.717) is 11.3 Å². The maximum absolute atomic E-state index is 11.6. The van der Waals surface area contributed by atoms with Gasteiger partial charge in [0.2, 0.25) is 5.88 Å². The number of nitrogens with zero attached hydrogens (tertiary/aromatic N) is 3. The molecule has 2 aliphatic heterocycles. The largest absolute Gasteiger partial charge is 0.494 e. The molecule has 0 amide bonds. The molecule has 7 nitrogen and oxygen atoms in total. The van der Waals surface area contributed by atoms with Gasteiger partial charge in [-0.1, -0.05) is 52.8 Å². The second-order valence-corrected chi connectivity index (χ2v) is 10.6. The summed E-state index contributed by atoms with van der Waals surface area (Å²) in [5.74, 6) is 0.000484. The maximum atomic E-state index is 11.6. The van der Waals surface area contributed by atoms with E-state index in [4.69, 9.17) is 0 Å². The second-order valence-electron chi connectivity index (χ2n) is 9.53. The quantitative estimate of drug-likeness (QED) is 0.564. The van der Waals surface area contributed by atoms with E-state index in [1.54, 1.807) is 11.1 Å². The van der Waals surface area contributed by atoms with Gasteiger partial charge in [0, 0.05) is 77.6 Å². The number of H-pyrrole nitrogens is 1. The number of aromatic hydroxyl groups is 1. The maximum Gasteiger partial charge on any atom is 0.307 e. The van der Waals surface area contributed by atoms with Crippen molar-refractivity contribution in [2.45, 2.75) is 19.3 Å². The Balaban J connectivity index is 1.14. The molecule has 2 fully saturated rings. The molecule has 2 aromatic rings. The number of thiazole rings is 1. The summed E-state index contributed by atoms with van der Waals surface area (Å²) < 4.78 is 0. The average molecular weight is 482 g/mol. The van der Waals surface area contributed by atoms with Crippen LogP contribution in [0, 0.1) is 0 Å². The Hall–Kier alpha value is -2.39. The lowest BCUT2D eigenvalue weighted by Gasteiger charge is -2.37. The minimum Gasteiger partial charge on any atom is -0.494 e. The summed E-state index contributed by atoms with van der Waals surface area (Å²) in [6, 6.07) is 8.36. The number of hydrogen-bond acceptors (Lipinski definition) is 7. The molecule has 3 N–H and O–H groups in total. The Morgan fingerprint density at radius 2 is 1.53 bits per heavy atom. The summed E-state index contributed by atoms with van der Waals surface area (Å²) in [6.07, 6.45) is 7.70. The molecule has 1 aromatic carbocycles. The molecule has 3 aliphatic rings. The summed E-state index contributed by atoms with van der Waals surface area (Å²) >= 11 is 1.09. The predicted octanol–water partition coefficient (Wildman–Crippen LogP) is 2.41. The Bertz CT molecular complexity index is 1090. The van der Waals surface area contributed by atoms with Gasteiger partial charge in [-0.05, 0) is 24.5 Å². The number of para-hydroxylation sites is 1. The van der Waals surface area contributed by atoms with Crippen LogP contribution in [0.3, 0.4) is 0 Å². The van der Waals surface area contributed by atoms with Crippen LogP contribution in [0.2, 0.25) is 0 Å². The molecule has 1 aliphatic carbocycles. The van der Waals surface area contributed by atoms with Gasteiger partial charge in [0.15, 0.2) is 0 Å². The topological polar surface area (TPSA) is 74.8 Å². The van der Waals surface area contributed by atoms with E-state index in [2.05, 4.69) is 55.4 Å². The lowest BCUT2D eigenvalue weighted by atomic mass is 9.97. The van der Waals surface area contributed by atoms with Crippen LogP contribution in [-0.4, -0.2) is 85.3 Å². The highest BCUT2D eigenvalue weighted by atomic mass is 32.1. The van der Waals surface area contributed by atoms with Crippen molar-refractivity contribution in [3.63, 3.8) is 0 Å². The first-order valence-corrected chi connectivity index (χ1v) is 13.2.